The molecule has 1 aromatic carbocycles. The van der Waals surface area contributed by atoms with Crippen molar-refractivity contribution in [2.75, 3.05) is 0 Å². The summed E-state index contributed by atoms with van der Waals surface area (Å²) >= 11 is 0. The normalized spacial score (nSPS) is 19.6. The largest absolute Gasteiger partial charge is 0.498 e. The van der Waals surface area contributed by atoms with Crippen LogP contribution in [-0.4, -0.2) is 28.1 Å². The van der Waals surface area contributed by atoms with Crippen molar-refractivity contribution in [2.24, 2.45) is 0 Å². The summed E-state index contributed by atoms with van der Waals surface area (Å²) in [6.07, 6.45) is 3.18. The molecule has 1 aromatic heterocycles. The fourth-order valence-corrected chi connectivity index (χ4v) is 2.24. The van der Waals surface area contributed by atoms with Crippen molar-refractivity contribution in [2.45, 2.75) is 38.9 Å². The van der Waals surface area contributed by atoms with E-state index in [2.05, 4.69) is 5.10 Å². The van der Waals surface area contributed by atoms with Gasteiger partial charge >= 0.3 is 7.12 Å². The monoisotopic (exact) mass is 306 g/mol. The molecule has 0 bridgehead atoms. The van der Waals surface area contributed by atoms with E-state index in [1.165, 1.54) is 16.8 Å². The van der Waals surface area contributed by atoms with E-state index >= 15 is 0 Å². The smallest absolute Gasteiger partial charge is 0.399 e. The highest BCUT2D eigenvalue weighted by Gasteiger charge is 2.52. The fourth-order valence-electron chi connectivity index (χ4n) is 2.24. The zero-order valence-corrected chi connectivity index (χ0v) is 12.9. The molecule has 116 valence electrons. The van der Waals surface area contributed by atoms with Crippen LogP contribution >= 0.6 is 0 Å². The number of rotatable bonds is 2. The lowest BCUT2D eigenvalue weighted by molar-refractivity contribution is 0.00578. The molecule has 1 fully saturated rings. The Hall–Kier alpha value is -1.73. The molecule has 0 saturated carbocycles. The predicted molar refractivity (Wildman–Crippen MR) is 79.2 cm³/mol. The van der Waals surface area contributed by atoms with E-state index in [4.69, 9.17) is 9.31 Å². The van der Waals surface area contributed by atoms with Crippen molar-refractivity contribution in [1.29, 1.82) is 0 Å². The first kappa shape index (κ1) is 15.2. The van der Waals surface area contributed by atoms with Crippen LogP contribution in [0.1, 0.15) is 27.7 Å². The van der Waals surface area contributed by atoms with E-state index in [1.54, 1.807) is 12.4 Å². The Kier molecular flexibility index (Phi) is 3.38. The predicted octanol–water partition coefficient (Wildman–Crippen LogP) is 2.45. The van der Waals surface area contributed by atoms with Crippen molar-refractivity contribution in [1.82, 2.24) is 9.78 Å². The Morgan fingerprint density at radius 2 is 1.73 bits per heavy atom. The standard InChI is InChI=1S/C15H17BF2N2O2/c1-14(2)15(3,4)22-16(21-14)10-8-19-20(9-10)13-6-5-11(17)7-12(13)18/h5-9H,1-4H3. The minimum atomic E-state index is -0.677. The number of hydrogen-bond donors (Lipinski definition) is 0. The van der Waals surface area contributed by atoms with E-state index < -0.39 is 30.0 Å². The van der Waals surface area contributed by atoms with Crippen molar-refractivity contribution in [3.8, 4) is 5.69 Å². The average molecular weight is 306 g/mol. The lowest BCUT2D eigenvalue weighted by Crippen LogP contribution is -2.41. The summed E-state index contributed by atoms with van der Waals surface area (Å²) in [5.74, 6) is -1.30. The van der Waals surface area contributed by atoms with Gasteiger partial charge in [-0.1, -0.05) is 0 Å². The van der Waals surface area contributed by atoms with Gasteiger partial charge in [-0.15, -0.1) is 0 Å². The number of aromatic nitrogens is 2. The highest BCUT2D eigenvalue weighted by molar-refractivity contribution is 6.62. The molecule has 7 heteroatoms. The van der Waals surface area contributed by atoms with E-state index in [0.29, 0.717) is 5.46 Å². The van der Waals surface area contributed by atoms with Crippen molar-refractivity contribution < 1.29 is 18.1 Å². The Morgan fingerprint density at radius 3 is 2.32 bits per heavy atom. The van der Waals surface area contributed by atoms with Crippen LogP contribution in [-0.2, 0) is 9.31 Å². The molecule has 3 rings (SSSR count). The van der Waals surface area contributed by atoms with Gasteiger partial charge in [0, 0.05) is 23.9 Å². The summed E-state index contributed by atoms with van der Waals surface area (Å²) < 4.78 is 40.0. The minimum Gasteiger partial charge on any atom is -0.399 e. The highest BCUT2D eigenvalue weighted by atomic mass is 19.1. The molecule has 0 atom stereocenters. The first-order valence-corrected chi connectivity index (χ1v) is 7.05. The SMILES string of the molecule is CC1(C)OB(c2cnn(-c3ccc(F)cc3F)c2)OC1(C)C. The van der Waals surface area contributed by atoms with Crippen LogP contribution in [0.15, 0.2) is 30.6 Å². The molecular weight excluding hydrogens is 289 g/mol. The van der Waals surface area contributed by atoms with Crippen LogP contribution in [0.3, 0.4) is 0 Å². The lowest BCUT2D eigenvalue weighted by Gasteiger charge is -2.32. The number of halogens is 2. The molecule has 2 aromatic rings. The van der Waals surface area contributed by atoms with Gasteiger partial charge in [-0.2, -0.15) is 5.10 Å². The summed E-state index contributed by atoms with van der Waals surface area (Å²) in [5, 5.41) is 4.11. The molecular formula is C15H17BF2N2O2. The maximum Gasteiger partial charge on any atom is 0.498 e. The first-order chi connectivity index (χ1) is 10.2. The van der Waals surface area contributed by atoms with Crippen LogP contribution in [0.5, 0.6) is 0 Å². The summed E-state index contributed by atoms with van der Waals surface area (Å²) in [7, 11) is -0.567. The van der Waals surface area contributed by atoms with Gasteiger partial charge in [0.1, 0.15) is 11.5 Å². The van der Waals surface area contributed by atoms with Gasteiger partial charge in [-0.05, 0) is 39.8 Å². The van der Waals surface area contributed by atoms with Gasteiger partial charge in [0.25, 0.3) is 0 Å². The molecule has 2 heterocycles. The second-order valence-electron chi connectivity index (χ2n) is 6.40. The van der Waals surface area contributed by atoms with E-state index in [-0.39, 0.29) is 5.69 Å². The molecule has 22 heavy (non-hydrogen) atoms. The second kappa shape index (κ2) is 4.89. The third-order valence-electron chi connectivity index (χ3n) is 4.28. The molecule has 0 aliphatic carbocycles. The van der Waals surface area contributed by atoms with E-state index in [0.717, 1.165) is 6.07 Å². The Bertz CT molecular complexity index is 699. The van der Waals surface area contributed by atoms with Crippen LogP contribution in [0, 0.1) is 11.6 Å². The Morgan fingerprint density at radius 1 is 1.09 bits per heavy atom. The molecule has 0 amide bonds. The quantitative estimate of drug-likeness (QED) is 0.800. The Balaban J connectivity index is 1.89. The first-order valence-electron chi connectivity index (χ1n) is 7.05. The molecule has 0 radical (unpaired) electrons. The average Bonchev–Trinajstić information content (AvgIpc) is 2.93. The maximum atomic E-state index is 13.8. The summed E-state index contributed by atoms with van der Waals surface area (Å²) in [6, 6.07) is 3.35. The van der Waals surface area contributed by atoms with Crippen molar-refractivity contribution in [3.05, 3.63) is 42.2 Å². The zero-order valence-electron chi connectivity index (χ0n) is 12.9. The van der Waals surface area contributed by atoms with Crippen LogP contribution in [0.2, 0.25) is 0 Å². The molecule has 1 saturated heterocycles. The lowest BCUT2D eigenvalue weighted by atomic mass is 9.82. The van der Waals surface area contributed by atoms with Gasteiger partial charge in [-0.3, -0.25) is 0 Å². The summed E-state index contributed by atoms with van der Waals surface area (Å²) in [4.78, 5) is 0. The van der Waals surface area contributed by atoms with Gasteiger partial charge < -0.3 is 9.31 Å². The van der Waals surface area contributed by atoms with Crippen LogP contribution < -0.4 is 5.46 Å². The molecule has 0 unspecified atom stereocenters. The topological polar surface area (TPSA) is 36.3 Å². The van der Waals surface area contributed by atoms with Gasteiger partial charge in [0.15, 0.2) is 5.82 Å². The van der Waals surface area contributed by atoms with Gasteiger partial charge in [-0.25, -0.2) is 13.5 Å². The molecule has 0 spiro atoms. The molecule has 1 aliphatic rings. The maximum absolute atomic E-state index is 13.8. The summed E-state index contributed by atoms with van der Waals surface area (Å²) in [6.45, 7) is 7.82. The third-order valence-corrected chi connectivity index (χ3v) is 4.28. The van der Waals surface area contributed by atoms with E-state index in [9.17, 15) is 8.78 Å². The van der Waals surface area contributed by atoms with E-state index in [1.807, 2.05) is 27.7 Å². The second-order valence-corrected chi connectivity index (χ2v) is 6.40. The van der Waals surface area contributed by atoms with Gasteiger partial charge in [0.05, 0.1) is 11.2 Å². The summed E-state index contributed by atoms with van der Waals surface area (Å²) in [5.41, 5.74) is -0.0616. The van der Waals surface area contributed by atoms with Crippen LogP contribution in [0.4, 0.5) is 8.78 Å². The number of nitrogens with zero attached hydrogens (tertiary/aromatic N) is 2. The minimum absolute atomic E-state index is 0.171. The third kappa shape index (κ3) is 2.44. The molecule has 4 nitrogen and oxygen atoms in total. The molecule has 1 aliphatic heterocycles. The fraction of sp³-hybridized carbons (Fsp3) is 0.400. The van der Waals surface area contributed by atoms with Crippen molar-refractivity contribution >= 4 is 12.6 Å². The molecule has 0 N–H and O–H groups in total. The van der Waals surface area contributed by atoms with Gasteiger partial charge in [0.2, 0.25) is 0 Å². The highest BCUT2D eigenvalue weighted by Crippen LogP contribution is 2.36. The van der Waals surface area contributed by atoms with Crippen molar-refractivity contribution in [3.63, 3.8) is 0 Å². The number of hydrogen-bond acceptors (Lipinski definition) is 3. The number of benzene rings is 1. The Labute approximate surface area is 128 Å². The van der Waals surface area contributed by atoms with Crippen LogP contribution in [0.25, 0.3) is 5.69 Å². The zero-order chi connectivity index (χ0) is 16.1.